The lowest BCUT2D eigenvalue weighted by molar-refractivity contribution is -0.112. The second kappa shape index (κ2) is 11.5. The van der Waals surface area contributed by atoms with Crippen LogP contribution >= 0.6 is 0 Å². The van der Waals surface area contributed by atoms with E-state index < -0.39 is 5.91 Å². The first-order valence-electron chi connectivity index (χ1n) is 10.1. The number of ether oxygens (including phenoxy) is 2. The van der Waals surface area contributed by atoms with Gasteiger partial charge < -0.3 is 20.1 Å². The Labute approximate surface area is 178 Å². The summed E-state index contributed by atoms with van der Waals surface area (Å²) >= 11 is 0. The summed E-state index contributed by atoms with van der Waals surface area (Å²) in [6, 6.07) is 13.5. The first-order valence-corrected chi connectivity index (χ1v) is 10.1. The predicted octanol–water partition coefficient (Wildman–Crippen LogP) is 4.28. The second-order valence-corrected chi connectivity index (χ2v) is 6.79. The third-order valence-corrected chi connectivity index (χ3v) is 4.41. The average Bonchev–Trinajstić information content (AvgIpc) is 2.72. The summed E-state index contributed by atoms with van der Waals surface area (Å²) < 4.78 is 11.2. The minimum Gasteiger partial charge on any atom is -0.490 e. The van der Waals surface area contributed by atoms with E-state index >= 15 is 0 Å². The summed E-state index contributed by atoms with van der Waals surface area (Å²) in [7, 11) is 0. The van der Waals surface area contributed by atoms with E-state index in [0.717, 1.165) is 28.2 Å². The van der Waals surface area contributed by atoms with E-state index in [1.54, 1.807) is 0 Å². The van der Waals surface area contributed by atoms with Gasteiger partial charge in [0.15, 0.2) is 11.5 Å². The molecule has 0 spiro atoms. The highest BCUT2D eigenvalue weighted by molar-refractivity contribution is 6.06. The zero-order valence-corrected chi connectivity index (χ0v) is 18.0. The predicted molar refractivity (Wildman–Crippen MR) is 119 cm³/mol. The Kier molecular flexibility index (Phi) is 8.76. The molecular weight excluding hydrogens is 378 g/mol. The Hall–Kier alpha value is -3.46. The molecule has 0 atom stereocenters. The van der Waals surface area contributed by atoms with Gasteiger partial charge in [0.05, 0.1) is 13.2 Å². The van der Waals surface area contributed by atoms with Crippen LogP contribution in [0.1, 0.15) is 30.5 Å². The van der Waals surface area contributed by atoms with E-state index in [0.29, 0.717) is 31.9 Å². The smallest absolute Gasteiger partial charge is 0.267 e. The maximum absolute atomic E-state index is 12.4. The van der Waals surface area contributed by atoms with Gasteiger partial charge in [-0.2, -0.15) is 5.26 Å². The lowest BCUT2D eigenvalue weighted by Gasteiger charge is -2.12. The van der Waals surface area contributed by atoms with E-state index in [2.05, 4.69) is 10.6 Å². The van der Waals surface area contributed by atoms with Gasteiger partial charge in [-0.3, -0.25) is 4.79 Å². The molecule has 0 bridgehead atoms. The molecule has 0 saturated carbocycles. The highest BCUT2D eigenvalue weighted by atomic mass is 16.5. The number of nitriles is 1. The Balaban J connectivity index is 1.95. The van der Waals surface area contributed by atoms with Crippen molar-refractivity contribution in [2.24, 2.45) is 0 Å². The molecule has 2 N–H and O–H groups in total. The SMILES string of the molecule is CCOc1ccc(CCN/C=C(/C#N)C(=O)Nc2ccc(C)cc2C)cc1OCC. The molecule has 0 fully saturated rings. The summed E-state index contributed by atoms with van der Waals surface area (Å²) in [6.45, 7) is 9.49. The fraction of sp³-hybridized carbons (Fsp3) is 0.333. The number of rotatable bonds is 10. The van der Waals surface area contributed by atoms with Crippen molar-refractivity contribution < 1.29 is 14.3 Å². The van der Waals surface area contributed by atoms with E-state index in [1.807, 2.05) is 70.2 Å². The van der Waals surface area contributed by atoms with Crippen molar-refractivity contribution in [3.63, 3.8) is 0 Å². The van der Waals surface area contributed by atoms with E-state index in [-0.39, 0.29) is 5.57 Å². The van der Waals surface area contributed by atoms with Crippen molar-refractivity contribution in [1.29, 1.82) is 5.26 Å². The van der Waals surface area contributed by atoms with Gasteiger partial charge in [-0.25, -0.2) is 0 Å². The molecule has 0 radical (unpaired) electrons. The number of nitrogens with zero attached hydrogens (tertiary/aromatic N) is 1. The first kappa shape index (κ1) is 22.8. The first-order chi connectivity index (χ1) is 14.5. The van der Waals surface area contributed by atoms with Crippen LogP contribution in [0, 0.1) is 25.2 Å². The van der Waals surface area contributed by atoms with Crippen molar-refractivity contribution in [2.45, 2.75) is 34.1 Å². The van der Waals surface area contributed by atoms with Gasteiger partial charge in [0.1, 0.15) is 11.6 Å². The fourth-order valence-electron chi connectivity index (χ4n) is 2.93. The van der Waals surface area contributed by atoms with Gasteiger partial charge in [0.2, 0.25) is 0 Å². The van der Waals surface area contributed by atoms with Crippen LogP contribution < -0.4 is 20.1 Å². The standard InChI is InChI=1S/C24H29N3O3/c1-5-29-22-10-8-19(14-23(22)30-6-2)11-12-26-16-20(15-25)24(28)27-21-9-7-17(3)13-18(21)4/h7-10,13-14,16,26H,5-6,11-12H2,1-4H3,(H,27,28)/b20-16-. The van der Waals surface area contributed by atoms with Crippen LogP contribution in [-0.4, -0.2) is 25.7 Å². The topological polar surface area (TPSA) is 83.4 Å². The summed E-state index contributed by atoms with van der Waals surface area (Å²) in [4.78, 5) is 12.4. The van der Waals surface area contributed by atoms with Crippen molar-refractivity contribution in [3.8, 4) is 17.6 Å². The van der Waals surface area contributed by atoms with Gasteiger partial charge in [-0.1, -0.05) is 23.8 Å². The minimum absolute atomic E-state index is 0.0247. The number of hydrogen-bond acceptors (Lipinski definition) is 5. The third-order valence-electron chi connectivity index (χ3n) is 4.41. The molecule has 6 heteroatoms. The van der Waals surface area contributed by atoms with Crippen LogP contribution in [0.15, 0.2) is 48.2 Å². The fourth-order valence-corrected chi connectivity index (χ4v) is 2.93. The van der Waals surface area contributed by atoms with Gasteiger partial charge in [0.25, 0.3) is 5.91 Å². The van der Waals surface area contributed by atoms with Gasteiger partial charge in [-0.15, -0.1) is 0 Å². The Morgan fingerprint density at radius 2 is 1.80 bits per heavy atom. The molecule has 0 unspecified atom stereocenters. The average molecular weight is 408 g/mol. The number of hydrogen-bond donors (Lipinski definition) is 2. The van der Waals surface area contributed by atoms with Crippen molar-refractivity contribution in [3.05, 3.63) is 64.9 Å². The zero-order chi connectivity index (χ0) is 21.9. The Morgan fingerprint density at radius 3 is 2.47 bits per heavy atom. The third kappa shape index (κ3) is 6.56. The largest absolute Gasteiger partial charge is 0.490 e. The van der Waals surface area contributed by atoms with Crippen molar-refractivity contribution >= 4 is 11.6 Å². The van der Waals surface area contributed by atoms with E-state index in [4.69, 9.17) is 9.47 Å². The Bertz CT molecular complexity index is 945. The number of aryl methyl sites for hydroxylation is 2. The lowest BCUT2D eigenvalue weighted by Crippen LogP contribution is -2.18. The second-order valence-electron chi connectivity index (χ2n) is 6.79. The minimum atomic E-state index is -0.434. The number of benzene rings is 2. The van der Waals surface area contributed by atoms with Crippen LogP contribution in [0.25, 0.3) is 0 Å². The molecule has 6 nitrogen and oxygen atoms in total. The molecule has 0 heterocycles. The van der Waals surface area contributed by atoms with Gasteiger partial charge in [-0.05, 0) is 63.4 Å². The quantitative estimate of drug-likeness (QED) is 0.349. The molecule has 2 aromatic rings. The number of carbonyl (C=O) groups is 1. The highest BCUT2D eigenvalue weighted by Gasteiger charge is 2.11. The maximum Gasteiger partial charge on any atom is 0.267 e. The number of carbonyl (C=O) groups excluding carboxylic acids is 1. The molecule has 0 saturated heterocycles. The van der Waals surface area contributed by atoms with Gasteiger partial charge >= 0.3 is 0 Å². The summed E-state index contributed by atoms with van der Waals surface area (Å²) in [5.74, 6) is 1.01. The lowest BCUT2D eigenvalue weighted by atomic mass is 10.1. The van der Waals surface area contributed by atoms with E-state index in [1.165, 1.54) is 6.20 Å². The van der Waals surface area contributed by atoms with Crippen LogP contribution in [0.3, 0.4) is 0 Å². The number of nitrogens with one attached hydrogen (secondary N) is 2. The molecule has 2 rings (SSSR count). The Morgan fingerprint density at radius 1 is 1.07 bits per heavy atom. The maximum atomic E-state index is 12.4. The number of anilines is 1. The molecule has 158 valence electrons. The van der Waals surface area contributed by atoms with Crippen LogP contribution in [0.5, 0.6) is 11.5 Å². The van der Waals surface area contributed by atoms with Gasteiger partial charge in [0, 0.05) is 18.4 Å². The molecule has 0 aliphatic rings. The number of amides is 1. The highest BCUT2D eigenvalue weighted by Crippen LogP contribution is 2.28. The molecule has 30 heavy (non-hydrogen) atoms. The molecule has 0 aromatic heterocycles. The summed E-state index contributed by atoms with van der Waals surface area (Å²) in [5.41, 5.74) is 3.86. The molecule has 2 aromatic carbocycles. The van der Waals surface area contributed by atoms with Crippen LogP contribution in [0.2, 0.25) is 0 Å². The molecule has 1 amide bonds. The summed E-state index contributed by atoms with van der Waals surface area (Å²) in [5, 5.41) is 15.2. The zero-order valence-electron chi connectivity index (χ0n) is 18.0. The molecular formula is C24H29N3O3. The normalized spacial score (nSPS) is 10.8. The van der Waals surface area contributed by atoms with Crippen LogP contribution in [0.4, 0.5) is 5.69 Å². The van der Waals surface area contributed by atoms with E-state index in [9.17, 15) is 10.1 Å². The summed E-state index contributed by atoms with van der Waals surface area (Å²) in [6.07, 6.45) is 2.16. The van der Waals surface area contributed by atoms with Crippen LogP contribution in [-0.2, 0) is 11.2 Å². The monoisotopic (exact) mass is 407 g/mol. The molecule has 0 aliphatic carbocycles. The molecule has 0 aliphatic heterocycles. The van der Waals surface area contributed by atoms with Crippen molar-refractivity contribution in [2.75, 3.05) is 25.1 Å². The van der Waals surface area contributed by atoms with Crippen molar-refractivity contribution in [1.82, 2.24) is 5.32 Å².